The van der Waals surface area contributed by atoms with Gasteiger partial charge in [-0.05, 0) is 12.8 Å². The smallest absolute Gasteiger partial charge is 0.329 e. The van der Waals surface area contributed by atoms with Gasteiger partial charge in [0.15, 0.2) is 0 Å². The molecule has 0 radical (unpaired) electrons. The SMILES string of the molecule is O=C1CC(O)CN1C1(C(=O)O)CC1. The largest absolute Gasteiger partial charge is 0.479 e. The quantitative estimate of drug-likeness (QED) is 0.590. The van der Waals surface area contributed by atoms with Gasteiger partial charge in [0.1, 0.15) is 5.54 Å². The fraction of sp³-hybridized carbons (Fsp3) is 0.750. The minimum atomic E-state index is -0.978. The van der Waals surface area contributed by atoms with Crippen molar-refractivity contribution in [2.45, 2.75) is 30.9 Å². The zero-order chi connectivity index (χ0) is 9.64. The first-order valence-corrected chi connectivity index (χ1v) is 4.28. The van der Waals surface area contributed by atoms with E-state index in [1.165, 1.54) is 4.90 Å². The molecular weight excluding hydrogens is 174 g/mol. The number of aliphatic hydroxyl groups excluding tert-OH is 1. The monoisotopic (exact) mass is 185 g/mol. The molecule has 1 atom stereocenters. The molecule has 72 valence electrons. The second-order valence-electron chi connectivity index (χ2n) is 3.70. The van der Waals surface area contributed by atoms with Gasteiger partial charge in [-0.1, -0.05) is 0 Å². The highest BCUT2D eigenvalue weighted by atomic mass is 16.4. The molecule has 0 aromatic heterocycles. The van der Waals surface area contributed by atoms with Crippen molar-refractivity contribution in [3.63, 3.8) is 0 Å². The molecule has 5 nitrogen and oxygen atoms in total. The van der Waals surface area contributed by atoms with E-state index in [1.807, 2.05) is 0 Å². The standard InChI is InChI=1S/C8H11NO4/c10-5-3-6(11)9(4-5)8(1-2-8)7(12)13/h5,10H,1-4H2,(H,12,13). The summed E-state index contributed by atoms with van der Waals surface area (Å²) in [6.07, 6.45) is 0.403. The average molecular weight is 185 g/mol. The van der Waals surface area contributed by atoms with Gasteiger partial charge >= 0.3 is 5.97 Å². The molecule has 0 bridgehead atoms. The molecule has 1 unspecified atom stereocenters. The van der Waals surface area contributed by atoms with Gasteiger partial charge in [0.05, 0.1) is 12.5 Å². The maximum atomic E-state index is 11.3. The van der Waals surface area contributed by atoms with Crippen LogP contribution in [0.25, 0.3) is 0 Å². The third-order valence-electron chi connectivity index (χ3n) is 2.74. The Morgan fingerprint density at radius 1 is 1.54 bits per heavy atom. The third kappa shape index (κ3) is 1.11. The zero-order valence-electron chi connectivity index (χ0n) is 7.06. The van der Waals surface area contributed by atoms with Crippen molar-refractivity contribution in [2.75, 3.05) is 6.54 Å². The van der Waals surface area contributed by atoms with Crippen LogP contribution in [0.2, 0.25) is 0 Å². The molecule has 1 saturated carbocycles. The number of carbonyl (C=O) groups is 2. The fourth-order valence-corrected chi connectivity index (χ4v) is 1.82. The fourth-order valence-electron chi connectivity index (χ4n) is 1.82. The summed E-state index contributed by atoms with van der Waals surface area (Å²) >= 11 is 0. The molecule has 1 aliphatic carbocycles. The summed E-state index contributed by atoms with van der Waals surface area (Å²) in [5.41, 5.74) is -0.978. The van der Waals surface area contributed by atoms with Crippen molar-refractivity contribution in [3.05, 3.63) is 0 Å². The Hall–Kier alpha value is -1.10. The maximum absolute atomic E-state index is 11.3. The highest BCUT2D eigenvalue weighted by molar-refractivity contribution is 5.90. The molecule has 2 aliphatic rings. The number of carbonyl (C=O) groups excluding carboxylic acids is 1. The predicted molar refractivity (Wildman–Crippen MR) is 41.9 cm³/mol. The second-order valence-corrected chi connectivity index (χ2v) is 3.70. The Kier molecular flexibility index (Phi) is 1.60. The normalized spacial score (nSPS) is 30.7. The minimum Gasteiger partial charge on any atom is -0.479 e. The lowest BCUT2D eigenvalue weighted by atomic mass is 10.2. The summed E-state index contributed by atoms with van der Waals surface area (Å²) in [7, 11) is 0. The first-order valence-electron chi connectivity index (χ1n) is 4.28. The topological polar surface area (TPSA) is 77.8 Å². The molecule has 0 aromatic carbocycles. The number of hydrogen-bond donors (Lipinski definition) is 2. The Morgan fingerprint density at radius 2 is 2.15 bits per heavy atom. The molecule has 0 spiro atoms. The van der Waals surface area contributed by atoms with E-state index in [-0.39, 0.29) is 18.9 Å². The lowest BCUT2D eigenvalue weighted by Gasteiger charge is -2.23. The highest BCUT2D eigenvalue weighted by Gasteiger charge is 2.58. The Labute approximate surface area is 75.0 Å². The first-order chi connectivity index (χ1) is 6.06. The van der Waals surface area contributed by atoms with Gasteiger partial charge in [0, 0.05) is 6.54 Å². The number of rotatable bonds is 2. The third-order valence-corrected chi connectivity index (χ3v) is 2.74. The number of β-amino-alcohol motifs (C(OH)–C–C–N with tert-alkyl or cyclic N) is 1. The Morgan fingerprint density at radius 3 is 2.46 bits per heavy atom. The summed E-state index contributed by atoms with van der Waals surface area (Å²) < 4.78 is 0. The van der Waals surface area contributed by atoms with Crippen molar-refractivity contribution in [2.24, 2.45) is 0 Å². The Balaban J connectivity index is 2.18. The van der Waals surface area contributed by atoms with Crippen molar-refractivity contribution in [1.82, 2.24) is 4.90 Å². The lowest BCUT2D eigenvalue weighted by molar-refractivity contribution is -0.150. The van der Waals surface area contributed by atoms with Gasteiger partial charge in [-0.15, -0.1) is 0 Å². The van der Waals surface area contributed by atoms with Crippen molar-refractivity contribution in [3.8, 4) is 0 Å². The number of aliphatic hydroxyl groups is 1. The Bertz CT molecular complexity index is 271. The molecule has 5 heteroatoms. The van der Waals surface area contributed by atoms with Gasteiger partial charge in [-0.2, -0.15) is 0 Å². The summed E-state index contributed by atoms with van der Waals surface area (Å²) in [5.74, 6) is -1.19. The molecule has 1 amide bonds. The zero-order valence-corrected chi connectivity index (χ0v) is 7.06. The maximum Gasteiger partial charge on any atom is 0.329 e. The summed E-state index contributed by atoms with van der Waals surface area (Å²) in [6, 6.07) is 0. The van der Waals surface area contributed by atoms with Gasteiger partial charge in [-0.25, -0.2) is 4.79 Å². The van der Waals surface area contributed by atoms with Crippen LogP contribution in [0.3, 0.4) is 0 Å². The number of carboxylic acid groups (broad SMARTS) is 1. The molecule has 2 N–H and O–H groups in total. The van der Waals surface area contributed by atoms with E-state index < -0.39 is 17.6 Å². The van der Waals surface area contributed by atoms with Crippen LogP contribution >= 0.6 is 0 Å². The first kappa shape index (κ1) is 8.50. The van der Waals surface area contributed by atoms with Crippen LogP contribution in [0.15, 0.2) is 0 Å². The minimum absolute atomic E-state index is 0.0645. The summed E-state index contributed by atoms with van der Waals surface area (Å²) in [4.78, 5) is 23.4. The van der Waals surface area contributed by atoms with Crippen molar-refractivity contribution < 1.29 is 19.8 Å². The van der Waals surface area contributed by atoms with Crippen LogP contribution in [0.1, 0.15) is 19.3 Å². The number of amides is 1. The molecule has 0 aromatic rings. The van der Waals surface area contributed by atoms with Gasteiger partial charge in [0.25, 0.3) is 0 Å². The van der Waals surface area contributed by atoms with E-state index in [0.717, 1.165) is 0 Å². The van der Waals surface area contributed by atoms with Crippen molar-refractivity contribution in [1.29, 1.82) is 0 Å². The van der Waals surface area contributed by atoms with Crippen LogP contribution in [-0.2, 0) is 9.59 Å². The molecule has 2 rings (SSSR count). The summed E-state index contributed by atoms with van der Waals surface area (Å²) in [5, 5.41) is 18.1. The molecule has 1 heterocycles. The van der Waals surface area contributed by atoms with E-state index in [2.05, 4.69) is 0 Å². The van der Waals surface area contributed by atoms with Crippen LogP contribution in [0.5, 0.6) is 0 Å². The molecule has 1 aliphatic heterocycles. The lowest BCUT2D eigenvalue weighted by Crippen LogP contribution is -2.44. The molecule has 2 fully saturated rings. The van der Waals surface area contributed by atoms with Crippen LogP contribution in [0.4, 0.5) is 0 Å². The number of likely N-dealkylation sites (tertiary alicyclic amines) is 1. The van der Waals surface area contributed by atoms with Crippen LogP contribution in [-0.4, -0.2) is 45.2 Å². The van der Waals surface area contributed by atoms with E-state index in [0.29, 0.717) is 12.8 Å². The number of hydrogen-bond acceptors (Lipinski definition) is 3. The number of aliphatic carboxylic acids is 1. The number of carboxylic acids is 1. The van der Waals surface area contributed by atoms with Gasteiger partial charge in [0.2, 0.25) is 5.91 Å². The van der Waals surface area contributed by atoms with Crippen molar-refractivity contribution >= 4 is 11.9 Å². The molecule has 1 saturated heterocycles. The van der Waals surface area contributed by atoms with Gasteiger partial charge in [-0.3, -0.25) is 4.79 Å². The average Bonchev–Trinajstić information content (AvgIpc) is 2.75. The van der Waals surface area contributed by atoms with Gasteiger partial charge < -0.3 is 15.1 Å². The molecule has 13 heavy (non-hydrogen) atoms. The van der Waals surface area contributed by atoms with E-state index in [1.54, 1.807) is 0 Å². The second kappa shape index (κ2) is 2.45. The number of nitrogens with zero attached hydrogens (tertiary/aromatic N) is 1. The van der Waals surface area contributed by atoms with E-state index in [9.17, 15) is 14.7 Å². The highest BCUT2D eigenvalue weighted by Crippen LogP contribution is 2.44. The summed E-state index contributed by atoms with van der Waals surface area (Å²) in [6.45, 7) is 0.172. The van der Waals surface area contributed by atoms with Crippen LogP contribution < -0.4 is 0 Å². The molecular formula is C8H11NO4. The van der Waals surface area contributed by atoms with E-state index in [4.69, 9.17) is 5.11 Å². The van der Waals surface area contributed by atoms with Crippen LogP contribution in [0, 0.1) is 0 Å². The van der Waals surface area contributed by atoms with E-state index >= 15 is 0 Å². The predicted octanol–water partition coefficient (Wildman–Crippen LogP) is -0.803.